The van der Waals surface area contributed by atoms with Crippen LogP contribution in [0.25, 0.3) is 0 Å². The van der Waals surface area contributed by atoms with E-state index in [0.717, 1.165) is 0 Å². The fourth-order valence-corrected chi connectivity index (χ4v) is 4.72. The number of methoxy groups -OCH3 is 1. The van der Waals surface area contributed by atoms with E-state index in [4.69, 9.17) is 14.0 Å². The van der Waals surface area contributed by atoms with Gasteiger partial charge < -0.3 is 24.2 Å². The Labute approximate surface area is 191 Å². The summed E-state index contributed by atoms with van der Waals surface area (Å²) >= 11 is 0. The van der Waals surface area contributed by atoms with Crippen LogP contribution in [-0.4, -0.2) is 52.9 Å². The van der Waals surface area contributed by atoms with E-state index in [1.54, 1.807) is 43.3 Å². The number of anilines is 3. The first-order valence-electron chi connectivity index (χ1n) is 10.2. The van der Waals surface area contributed by atoms with Crippen LogP contribution in [0.1, 0.15) is 16.2 Å². The average Bonchev–Trinajstić information content (AvgIpc) is 3.26. The topological polar surface area (TPSA) is 123 Å². The summed E-state index contributed by atoms with van der Waals surface area (Å²) in [5, 5.41) is 6.37. The molecule has 1 aliphatic heterocycles. The van der Waals surface area contributed by atoms with E-state index in [1.165, 1.54) is 19.2 Å². The van der Waals surface area contributed by atoms with E-state index in [0.29, 0.717) is 54.8 Å². The number of hydrogen-bond acceptors (Lipinski definition) is 8. The van der Waals surface area contributed by atoms with Gasteiger partial charge in [0.05, 0.1) is 31.7 Å². The number of aryl methyl sites for hydroxylation is 1. The highest BCUT2D eigenvalue weighted by molar-refractivity contribution is 7.92. The van der Waals surface area contributed by atoms with Crippen LogP contribution in [0.4, 0.5) is 17.1 Å². The molecule has 0 unspecified atom stereocenters. The van der Waals surface area contributed by atoms with E-state index >= 15 is 0 Å². The average molecular weight is 473 g/mol. The van der Waals surface area contributed by atoms with Crippen LogP contribution in [0.15, 0.2) is 57.9 Å². The first kappa shape index (κ1) is 22.6. The highest BCUT2D eigenvalue weighted by atomic mass is 32.2. The molecular weight excluding hydrogens is 448 g/mol. The third kappa shape index (κ3) is 5.26. The summed E-state index contributed by atoms with van der Waals surface area (Å²) in [6.45, 7) is 3.79. The summed E-state index contributed by atoms with van der Waals surface area (Å²) in [7, 11) is -2.46. The predicted octanol–water partition coefficient (Wildman–Crippen LogP) is 2.88. The van der Waals surface area contributed by atoms with E-state index in [9.17, 15) is 13.2 Å². The molecule has 2 heterocycles. The van der Waals surface area contributed by atoms with Crippen LogP contribution in [0.5, 0.6) is 5.75 Å². The fraction of sp³-hybridized carbons (Fsp3) is 0.273. The third-order valence-corrected chi connectivity index (χ3v) is 6.46. The Kier molecular flexibility index (Phi) is 6.52. The van der Waals surface area contributed by atoms with Crippen molar-refractivity contribution in [3.63, 3.8) is 0 Å². The number of rotatable bonds is 7. The van der Waals surface area contributed by atoms with Gasteiger partial charge in [0.15, 0.2) is 0 Å². The fourth-order valence-electron chi connectivity index (χ4n) is 3.41. The van der Waals surface area contributed by atoms with Gasteiger partial charge in [-0.25, -0.2) is 8.42 Å². The zero-order valence-electron chi connectivity index (χ0n) is 18.2. The lowest BCUT2D eigenvalue weighted by molar-refractivity contribution is 0.0988. The minimum Gasteiger partial charge on any atom is -0.497 e. The molecule has 2 N–H and O–H groups in total. The minimum atomic E-state index is -3.99. The van der Waals surface area contributed by atoms with E-state index in [2.05, 4.69) is 15.2 Å². The standard InChI is InChI=1S/C22H24N4O6S/c1-15-13-20(32-24-15)22(27)23-17-5-8-19(26-9-11-31-12-10-26)21(14-17)33(28,29)25-16-3-6-18(30-2)7-4-16/h3-8,13-14,25H,9-12H2,1-2H3,(H,23,27). The molecular formula is C22H24N4O6S. The van der Waals surface area contributed by atoms with Crippen LogP contribution < -0.4 is 19.7 Å². The van der Waals surface area contributed by atoms with Gasteiger partial charge in [0.2, 0.25) is 5.76 Å². The first-order valence-corrected chi connectivity index (χ1v) is 11.7. The van der Waals surface area contributed by atoms with Gasteiger partial charge in [-0.1, -0.05) is 5.16 Å². The van der Waals surface area contributed by atoms with Crippen molar-refractivity contribution in [1.82, 2.24) is 5.16 Å². The summed E-state index contributed by atoms with van der Waals surface area (Å²) in [4.78, 5) is 14.5. The molecule has 2 aromatic carbocycles. The van der Waals surface area contributed by atoms with Crippen molar-refractivity contribution < 1.29 is 27.2 Å². The van der Waals surface area contributed by atoms with Crippen LogP contribution in [0, 0.1) is 6.92 Å². The van der Waals surface area contributed by atoms with Gasteiger partial charge in [-0.2, -0.15) is 0 Å². The summed E-state index contributed by atoms with van der Waals surface area (Å²) in [5.74, 6) is 0.117. The van der Waals surface area contributed by atoms with Crippen LogP contribution in [0.3, 0.4) is 0 Å². The van der Waals surface area contributed by atoms with Crippen molar-refractivity contribution in [2.24, 2.45) is 0 Å². The number of nitrogens with one attached hydrogen (secondary N) is 2. The molecule has 0 radical (unpaired) electrons. The second-order valence-electron chi connectivity index (χ2n) is 7.40. The zero-order valence-corrected chi connectivity index (χ0v) is 19.0. The molecule has 0 saturated carbocycles. The van der Waals surface area contributed by atoms with E-state index in [1.807, 2.05) is 4.90 Å². The Morgan fingerprint density at radius 3 is 2.39 bits per heavy atom. The van der Waals surface area contributed by atoms with Crippen LogP contribution in [0.2, 0.25) is 0 Å². The maximum absolute atomic E-state index is 13.4. The molecule has 1 fully saturated rings. The second kappa shape index (κ2) is 9.51. The van der Waals surface area contributed by atoms with Crippen molar-refractivity contribution >= 4 is 33.0 Å². The lowest BCUT2D eigenvalue weighted by Gasteiger charge is -2.30. The van der Waals surface area contributed by atoms with Gasteiger partial charge in [0.25, 0.3) is 15.9 Å². The molecule has 0 bridgehead atoms. The number of amides is 1. The largest absolute Gasteiger partial charge is 0.497 e. The number of nitrogens with zero attached hydrogens (tertiary/aromatic N) is 2. The SMILES string of the molecule is COc1ccc(NS(=O)(=O)c2cc(NC(=O)c3cc(C)no3)ccc2N2CCOCC2)cc1. The Morgan fingerprint density at radius 2 is 1.76 bits per heavy atom. The van der Waals surface area contributed by atoms with Crippen LogP contribution in [-0.2, 0) is 14.8 Å². The zero-order chi connectivity index (χ0) is 23.4. The molecule has 11 heteroatoms. The molecule has 1 saturated heterocycles. The molecule has 10 nitrogen and oxygen atoms in total. The number of carbonyl (C=O) groups is 1. The van der Waals surface area contributed by atoms with E-state index in [-0.39, 0.29) is 10.7 Å². The highest BCUT2D eigenvalue weighted by Gasteiger charge is 2.25. The number of carbonyl (C=O) groups excluding carboxylic acids is 1. The number of hydrogen-bond donors (Lipinski definition) is 2. The molecule has 33 heavy (non-hydrogen) atoms. The molecule has 0 atom stereocenters. The van der Waals surface area contributed by atoms with Crippen molar-refractivity contribution in [3.8, 4) is 5.75 Å². The first-order chi connectivity index (χ1) is 15.9. The van der Waals surface area contributed by atoms with Gasteiger partial charge >= 0.3 is 0 Å². The maximum atomic E-state index is 13.4. The van der Waals surface area contributed by atoms with Gasteiger partial charge in [-0.05, 0) is 49.4 Å². The number of ether oxygens (including phenoxy) is 2. The maximum Gasteiger partial charge on any atom is 0.294 e. The summed E-state index contributed by atoms with van der Waals surface area (Å²) in [6.07, 6.45) is 0. The monoisotopic (exact) mass is 472 g/mol. The summed E-state index contributed by atoms with van der Waals surface area (Å²) < 4.78 is 44.9. The third-order valence-electron chi connectivity index (χ3n) is 5.05. The molecule has 1 aliphatic rings. The van der Waals surface area contributed by atoms with Gasteiger partial charge in [-0.3, -0.25) is 9.52 Å². The lowest BCUT2D eigenvalue weighted by Crippen LogP contribution is -2.37. The molecule has 4 rings (SSSR count). The number of sulfonamides is 1. The Bertz CT molecular complexity index is 1230. The Morgan fingerprint density at radius 1 is 1.06 bits per heavy atom. The van der Waals surface area contributed by atoms with Crippen LogP contribution >= 0.6 is 0 Å². The second-order valence-corrected chi connectivity index (χ2v) is 9.05. The van der Waals surface area contributed by atoms with Crippen molar-refractivity contribution in [2.45, 2.75) is 11.8 Å². The quantitative estimate of drug-likeness (QED) is 0.538. The van der Waals surface area contributed by atoms with Crippen molar-refractivity contribution in [3.05, 3.63) is 60.0 Å². The Hall–Kier alpha value is -3.57. The molecule has 0 aliphatic carbocycles. The molecule has 1 aromatic heterocycles. The van der Waals surface area contributed by atoms with Gasteiger partial charge in [0.1, 0.15) is 10.6 Å². The smallest absolute Gasteiger partial charge is 0.294 e. The van der Waals surface area contributed by atoms with E-state index < -0.39 is 15.9 Å². The molecule has 3 aromatic rings. The number of benzene rings is 2. The van der Waals surface area contributed by atoms with Gasteiger partial charge in [-0.15, -0.1) is 0 Å². The molecule has 1 amide bonds. The highest BCUT2D eigenvalue weighted by Crippen LogP contribution is 2.31. The predicted molar refractivity (Wildman–Crippen MR) is 122 cm³/mol. The molecule has 174 valence electrons. The number of morpholine rings is 1. The van der Waals surface area contributed by atoms with Crippen molar-refractivity contribution in [2.75, 3.05) is 48.4 Å². The summed E-state index contributed by atoms with van der Waals surface area (Å²) in [5.41, 5.74) is 1.78. The van der Waals surface area contributed by atoms with Gasteiger partial charge in [0, 0.05) is 30.5 Å². The molecule has 0 spiro atoms. The normalized spacial score (nSPS) is 14.1. The Balaban J connectivity index is 1.67. The minimum absolute atomic E-state index is 0.0329. The summed E-state index contributed by atoms with van der Waals surface area (Å²) in [6, 6.07) is 12.8. The lowest BCUT2D eigenvalue weighted by atomic mass is 10.2. The van der Waals surface area contributed by atoms with Crippen molar-refractivity contribution in [1.29, 1.82) is 0 Å². The number of aromatic nitrogens is 1.